The van der Waals surface area contributed by atoms with Crippen LogP contribution in [0.15, 0.2) is 30.3 Å². The second-order valence-corrected chi connectivity index (χ2v) is 6.35. The van der Waals surface area contributed by atoms with Gasteiger partial charge in [-0.1, -0.05) is 30.3 Å². The molecule has 10 heteroatoms. The maximum absolute atomic E-state index is 12.3. The highest BCUT2D eigenvalue weighted by molar-refractivity contribution is 5.92. The number of aliphatic hydroxyl groups excluding tert-OH is 1. The van der Waals surface area contributed by atoms with Gasteiger partial charge in [-0.2, -0.15) is 0 Å². The number of amides is 2. The van der Waals surface area contributed by atoms with Gasteiger partial charge in [-0.05, 0) is 25.3 Å². The molecular weight excluding hydrogens is 370 g/mol. The van der Waals surface area contributed by atoms with E-state index in [1.807, 2.05) is 6.07 Å². The summed E-state index contributed by atoms with van der Waals surface area (Å²) in [6, 6.07) is 5.05. The molecule has 1 aromatic carbocycles. The number of carboxylic acids is 2. The minimum atomic E-state index is -1.47. The zero-order valence-electron chi connectivity index (χ0n) is 15.4. The summed E-state index contributed by atoms with van der Waals surface area (Å²) >= 11 is 0. The van der Waals surface area contributed by atoms with Gasteiger partial charge in [0, 0.05) is 6.42 Å². The van der Waals surface area contributed by atoms with Crippen LogP contribution in [0.2, 0.25) is 0 Å². The minimum absolute atomic E-state index is 0.206. The number of carbonyl (C=O) groups excluding carboxylic acids is 2. The van der Waals surface area contributed by atoms with Gasteiger partial charge in [0.1, 0.15) is 12.1 Å². The molecule has 0 saturated carbocycles. The van der Waals surface area contributed by atoms with Crippen molar-refractivity contribution in [2.75, 3.05) is 0 Å². The fraction of sp³-hybridized carbons (Fsp3) is 0.444. The van der Waals surface area contributed by atoms with E-state index in [-0.39, 0.29) is 12.8 Å². The number of hydrogen-bond donors (Lipinski definition) is 6. The Bertz CT molecular complexity index is 694. The predicted molar refractivity (Wildman–Crippen MR) is 98.2 cm³/mol. The molecule has 1 aromatic rings. The monoisotopic (exact) mass is 395 g/mol. The molecule has 0 saturated heterocycles. The Morgan fingerprint density at radius 2 is 1.64 bits per heavy atom. The average Bonchev–Trinajstić information content (AvgIpc) is 2.62. The summed E-state index contributed by atoms with van der Waals surface area (Å²) in [6.07, 6.45) is -1.94. The third kappa shape index (κ3) is 7.72. The van der Waals surface area contributed by atoms with E-state index in [4.69, 9.17) is 15.9 Å². The smallest absolute Gasteiger partial charge is 0.326 e. The predicted octanol–water partition coefficient (Wildman–Crippen LogP) is -1.14. The van der Waals surface area contributed by atoms with Crippen molar-refractivity contribution >= 4 is 23.8 Å². The van der Waals surface area contributed by atoms with Gasteiger partial charge in [0.2, 0.25) is 11.8 Å². The highest BCUT2D eigenvalue weighted by Gasteiger charge is 2.31. The maximum atomic E-state index is 12.3. The first-order valence-corrected chi connectivity index (χ1v) is 8.64. The Balaban J connectivity index is 2.74. The van der Waals surface area contributed by atoms with Gasteiger partial charge in [-0.25, -0.2) is 4.79 Å². The molecule has 7 N–H and O–H groups in total. The second kappa shape index (κ2) is 11.0. The summed E-state index contributed by atoms with van der Waals surface area (Å²) in [5.41, 5.74) is 6.65. The Kier molecular flexibility index (Phi) is 9.06. The van der Waals surface area contributed by atoms with E-state index in [9.17, 15) is 24.3 Å². The lowest BCUT2D eigenvalue weighted by Crippen LogP contribution is -2.58. The van der Waals surface area contributed by atoms with Crippen LogP contribution in [0.5, 0.6) is 0 Å². The van der Waals surface area contributed by atoms with Crippen molar-refractivity contribution in [3.8, 4) is 0 Å². The lowest BCUT2D eigenvalue weighted by molar-refractivity contribution is -0.144. The highest BCUT2D eigenvalue weighted by atomic mass is 16.4. The number of carbonyl (C=O) groups is 4. The van der Waals surface area contributed by atoms with Crippen LogP contribution in [0.25, 0.3) is 0 Å². The molecule has 28 heavy (non-hydrogen) atoms. The maximum Gasteiger partial charge on any atom is 0.326 e. The van der Waals surface area contributed by atoms with Crippen LogP contribution < -0.4 is 16.4 Å². The first-order chi connectivity index (χ1) is 13.1. The van der Waals surface area contributed by atoms with Crippen LogP contribution in [0, 0.1) is 0 Å². The van der Waals surface area contributed by atoms with Crippen molar-refractivity contribution in [3.05, 3.63) is 35.9 Å². The van der Waals surface area contributed by atoms with E-state index >= 15 is 0 Å². The molecule has 0 spiro atoms. The van der Waals surface area contributed by atoms with E-state index in [0.717, 1.165) is 5.56 Å². The molecule has 4 unspecified atom stereocenters. The van der Waals surface area contributed by atoms with Gasteiger partial charge in [0.25, 0.3) is 0 Å². The summed E-state index contributed by atoms with van der Waals surface area (Å²) in [5.74, 6) is -4.28. The Hall–Kier alpha value is -2.98. The molecule has 1 rings (SSSR count). The summed E-state index contributed by atoms with van der Waals surface area (Å²) in [4.78, 5) is 46.4. The fourth-order valence-corrected chi connectivity index (χ4v) is 2.41. The minimum Gasteiger partial charge on any atom is -0.481 e. The molecule has 0 aliphatic heterocycles. The van der Waals surface area contributed by atoms with Crippen LogP contribution in [-0.2, 0) is 25.6 Å². The zero-order chi connectivity index (χ0) is 21.3. The summed E-state index contributed by atoms with van der Waals surface area (Å²) < 4.78 is 0. The standard InChI is InChI=1S/C18H25N3O7/c1-10(22)15(17(26)20-13(18(27)28)7-8-14(23)24)21-16(25)12(19)9-11-5-3-2-4-6-11/h2-6,10,12-13,15,22H,7-9,19H2,1H3,(H,20,26)(H,21,25)(H,23,24)(H,27,28). The largest absolute Gasteiger partial charge is 0.481 e. The zero-order valence-corrected chi connectivity index (χ0v) is 15.4. The van der Waals surface area contributed by atoms with Crippen LogP contribution in [0.4, 0.5) is 0 Å². The number of carboxylic acid groups (broad SMARTS) is 2. The van der Waals surface area contributed by atoms with Crippen molar-refractivity contribution < 1.29 is 34.5 Å². The lowest BCUT2D eigenvalue weighted by Gasteiger charge is -2.24. The van der Waals surface area contributed by atoms with Crippen molar-refractivity contribution in [1.82, 2.24) is 10.6 Å². The van der Waals surface area contributed by atoms with Crippen LogP contribution in [0.1, 0.15) is 25.3 Å². The number of rotatable bonds is 11. The molecule has 0 bridgehead atoms. The Labute approximate surface area is 161 Å². The first-order valence-electron chi connectivity index (χ1n) is 8.64. The molecule has 154 valence electrons. The molecule has 0 radical (unpaired) electrons. The molecule has 4 atom stereocenters. The second-order valence-electron chi connectivity index (χ2n) is 6.35. The highest BCUT2D eigenvalue weighted by Crippen LogP contribution is 2.04. The summed E-state index contributed by atoms with van der Waals surface area (Å²) in [6.45, 7) is 1.25. The van der Waals surface area contributed by atoms with Crippen molar-refractivity contribution in [3.63, 3.8) is 0 Å². The first kappa shape index (κ1) is 23.1. The van der Waals surface area contributed by atoms with Crippen LogP contribution in [-0.4, -0.2) is 63.3 Å². The van der Waals surface area contributed by atoms with E-state index in [1.54, 1.807) is 24.3 Å². The molecule has 0 aromatic heterocycles. The number of nitrogens with one attached hydrogen (secondary N) is 2. The van der Waals surface area contributed by atoms with Crippen molar-refractivity contribution in [2.24, 2.45) is 5.73 Å². The topological polar surface area (TPSA) is 179 Å². The van der Waals surface area contributed by atoms with E-state index < -0.39 is 54.4 Å². The average molecular weight is 395 g/mol. The lowest BCUT2D eigenvalue weighted by atomic mass is 10.0. The van der Waals surface area contributed by atoms with Gasteiger partial charge in [-0.15, -0.1) is 0 Å². The van der Waals surface area contributed by atoms with Gasteiger partial charge >= 0.3 is 11.9 Å². The van der Waals surface area contributed by atoms with Crippen LogP contribution in [0.3, 0.4) is 0 Å². The van der Waals surface area contributed by atoms with Crippen LogP contribution >= 0.6 is 0 Å². The third-order valence-electron chi connectivity index (χ3n) is 3.96. The Morgan fingerprint density at radius 1 is 1.04 bits per heavy atom. The number of hydrogen-bond acceptors (Lipinski definition) is 6. The number of nitrogens with two attached hydrogens (primary N) is 1. The molecule has 0 aliphatic rings. The summed E-state index contributed by atoms with van der Waals surface area (Å²) in [5, 5.41) is 32.0. The fourth-order valence-electron chi connectivity index (χ4n) is 2.41. The van der Waals surface area contributed by atoms with Gasteiger partial charge in [0.05, 0.1) is 12.1 Å². The number of aliphatic carboxylic acids is 2. The quantitative estimate of drug-likeness (QED) is 0.272. The molecule has 0 heterocycles. The normalized spacial score (nSPS) is 15.0. The SMILES string of the molecule is CC(O)C(NC(=O)C(N)Cc1ccccc1)C(=O)NC(CCC(=O)O)C(=O)O. The van der Waals surface area contributed by atoms with Gasteiger partial charge in [-0.3, -0.25) is 14.4 Å². The molecule has 0 fully saturated rings. The van der Waals surface area contributed by atoms with Gasteiger partial charge in [0.15, 0.2) is 0 Å². The third-order valence-corrected chi connectivity index (χ3v) is 3.96. The van der Waals surface area contributed by atoms with E-state index in [0.29, 0.717) is 0 Å². The number of benzene rings is 1. The van der Waals surface area contributed by atoms with Crippen molar-refractivity contribution in [1.29, 1.82) is 0 Å². The molecule has 2 amide bonds. The van der Waals surface area contributed by atoms with Gasteiger partial charge < -0.3 is 31.7 Å². The molecular formula is C18H25N3O7. The van der Waals surface area contributed by atoms with E-state index in [2.05, 4.69) is 10.6 Å². The van der Waals surface area contributed by atoms with E-state index in [1.165, 1.54) is 6.92 Å². The molecule has 0 aliphatic carbocycles. The summed E-state index contributed by atoms with van der Waals surface area (Å²) in [7, 11) is 0. The molecule has 10 nitrogen and oxygen atoms in total. The number of aliphatic hydroxyl groups is 1. The Morgan fingerprint density at radius 3 is 2.14 bits per heavy atom. The van der Waals surface area contributed by atoms with Crippen molar-refractivity contribution in [2.45, 2.75) is 50.4 Å².